The maximum absolute atomic E-state index is 6.72. The van der Waals surface area contributed by atoms with Gasteiger partial charge in [-0.25, -0.2) is 0 Å². The summed E-state index contributed by atoms with van der Waals surface area (Å²) in [6, 6.07) is 5.88. The van der Waals surface area contributed by atoms with E-state index in [4.69, 9.17) is 9.47 Å². The van der Waals surface area contributed by atoms with Crippen LogP contribution in [0, 0.1) is 0 Å². The van der Waals surface area contributed by atoms with Gasteiger partial charge in [0.15, 0.2) is 0 Å². The molecule has 0 spiro atoms. The SMILES string of the molecule is CCCCC[SiH](CCCCC)C(OCCCC)SSC(OCCCC)[SiH](CCCCC)CCCCC. The monoisotopic (exact) mass is 578 g/mol. The Labute approximate surface area is 239 Å². The van der Waals surface area contributed by atoms with Crippen LogP contribution in [0.3, 0.4) is 0 Å². The molecular formula is C30H66O2S2Si2. The molecule has 0 aliphatic rings. The second-order valence-corrected chi connectivity index (χ2v) is 20.9. The van der Waals surface area contributed by atoms with E-state index < -0.39 is 17.6 Å². The van der Waals surface area contributed by atoms with Gasteiger partial charge in [0.1, 0.15) is 0 Å². The van der Waals surface area contributed by atoms with E-state index in [0.717, 1.165) is 13.2 Å². The first-order valence-corrected chi connectivity index (χ1v) is 23.1. The lowest BCUT2D eigenvalue weighted by atomic mass is 10.3. The zero-order valence-electron chi connectivity index (χ0n) is 25.5. The van der Waals surface area contributed by atoms with E-state index >= 15 is 0 Å². The molecule has 0 aliphatic heterocycles. The van der Waals surface area contributed by atoms with Crippen molar-refractivity contribution in [1.82, 2.24) is 0 Å². The van der Waals surface area contributed by atoms with Crippen LogP contribution < -0.4 is 0 Å². The molecule has 0 rings (SSSR count). The van der Waals surface area contributed by atoms with E-state index in [0.29, 0.717) is 10.1 Å². The molecule has 0 amide bonds. The third-order valence-corrected chi connectivity index (χ3v) is 20.4. The largest absolute Gasteiger partial charge is 0.371 e. The molecule has 0 aliphatic carbocycles. The number of rotatable bonds is 29. The zero-order chi connectivity index (χ0) is 26.7. The van der Waals surface area contributed by atoms with Crippen molar-refractivity contribution in [1.29, 1.82) is 0 Å². The highest BCUT2D eigenvalue weighted by molar-refractivity contribution is 8.77. The quantitative estimate of drug-likeness (QED) is 0.0380. The van der Waals surface area contributed by atoms with Gasteiger partial charge in [0.2, 0.25) is 0 Å². The number of unbranched alkanes of at least 4 members (excludes halogenated alkanes) is 10. The predicted octanol–water partition coefficient (Wildman–Crippen LogP) is 10.9. The van der Waals surface area contributed by atoms with Crippen molar-refractivity contribution < 1.29 is 9.47 Å². The van der Waals surface area contributed by atoms with Gasteiger partial charge in [0.05, 0.1) is 27.7 Å². The lowest BCUT2D eigenvalue weighted by Crippen LogP contribution is -2.33. The van der Waals surface area contributed by atoms with E-state index in [9.17, 15) is 0 Å². The Morgan fingerprint density at radius 3 is 0.944 bits per heavy atom. The summed E-state index contributed by atoms with van der Waals surface area (Å²) in [7, 11) is 2.36. The minimum absolute atomic E-state index is 0.466. The second-order valence-electron chi connectivity index (χ2n) is 10.9. The molecule has 2 nitrogen and oxygen atoms in total. The van der Waals surface area contributed by atoms with Crippen molar-refractivity contribution in [3.8, 4) is 0 Å². The van der Waals surface area contributed by atoms with E-state index in [1.165, 1.54) is 127 Å². The smallest absolute Gasteiger partial charge is 0.0980 e. The lowest BCUT2D eigenvalue weighted by Gasteiger charge is -2.30. The summed E-state index contributed by atoms with van der Waals surface area (Å²) in [4.78, 5) is 0. The topological polar surface area (TPSA) is 18.5 Å². The van der Waals surface area contributed by atoms with Gasteiger partial charge in [-0.3, -0.25) is 0 Å². The van der Waals surface area contributed by atoms with Crippen molar-refractivity contribution in [2.45, 2.75) is 179 Å². The average Bonchev–Trinajstić information content (AvgIpc) is 2.88. The Kier molecular flexibility index (Phi) is 29.9. The van der Waals surface area contributed by atoms with Crippen molar-refractivity contribution in [3.05, 3.63) is 0 Å². The molecule has 0 heterocycles. The summed E-state index contributed by atoms with van der Waals surface area (Å²) in [5.41, 5.74) is 0. The Bertz CT molecular complexity index is 374. The molecule has 2 unspecified atom stereocenters. The zero-order valence-corrected chi connectivity index (χ0v) is 29.4. The van der Waals surface area contributed by atoms with Crippen LogP contribution in [0.4, 0.5) is 0 Å². The first-order chi connectivity index (χ1) is 17.7. The summed E-state index contributed by atoms with van der Waals surface area (Å²) in [6.45, 7) is 15.8. The lowest BCUT2D eigenvalue weighted by molar-refractivity contribution is 0.148. The number of hydrogen-bond donors (Lipinski definition) is 0. The summed E-state index contributed by atoms with van der Waals surface area (Å²) >= 11 is 0. The fraction of sp³-hybridized carbons (Fsp3) is 1.00. The Hall–Kier alpha value is 1.05. The Morgan fingerprint density at radius 1 is 0.417 bits per heavy atom. The van der Waals surface area contributed by atoms with Crippen LogP contribution in [0.5, 0.6) is 0 Å². The number of hydrogen-bond acceptors (Lipinski definition) is 4. The minimum Gasteiger partial charge on any atom is -0.371 e. The molecule has 2 atom stereocenters. The van der Waals surface area contributed by atoms with E-state index in [-0.39, 0.29) is 0 Å². The molecule has 0 N–H and O–H groups in total. The van der Waals surface area contributed by atoms with Gasteiger partial charge in [-0.15, -0.1) is 0 Å². The van der Waals surface area contributed by atoms with Gasteiger partial charge >= 0.3 is 0 Å². The fourth-order valence-corrected chi connectivity index (χ4v) is 18.9. The van der Waals surface area contributed by atoms with Gasteiger partial charge in [0, 0.05) is 13.2 Å². The fourth-order valence-electron chi connectivity index (χ4n) is 4.74. The minimum atomic E-state index is -0.953. The third-order valence-electron chi connectivity index (χ3n) is 7.29. The first kappa shape index (κ1) is 37.1. The van der Waals surface area contributed by atoms with Crippen LogP contribution in [-0.2, 0) is 9.47 Å². The molecule has 0 aromatic heterocycles. The standard InChI is InChI=1S/C30H66O2S2Si2/c1-7-13-19-25-35(26-20-14-8-2)29(31-23-17-11-5)33-34-30(32-24-18-12-6)36(27-21-15-9-3)28-22-16-10-4/h29-30,35-36H,7-28H2,1-6H3. The van der Waals surface area contributed by atoms with Crippen molar-refractivity contribution in [2.75, 3.05) is 13.2 Å². The molecule has 0 radical (unpaired) electrons. The summed E-state index contributed by atoms with van der Waals surface area (Å²) in [6.07, 6.45) is 21.4. The highest BCUT2D eigenvalue weighted by atomic mass is 33.1. The van der Waals surface area contributed by atoms with Crippen LogP contribution in [-0.4, -0.2) is 40.9 Å². The molecule has 36 heavy (non-hydrogen) atoms. The molecular weight excluding hydrogens is 513 g/mol. The van der Waals surface area contributed by atoms with E-state index in [1.807, 2.05) is 0 Å². The second kappa shape index (κ2) is 29.0. The van der Waals surface area contributed by atoms with Gasteiger partial charge in [-0.1, -0.05) is 177 Å². The summed E-state index contributed by atoms with van der Waals surface area (Å²) in [5.74, 6) is 0. The van der Waals surface area contributed by atoms with E-state index in [1.54, 1.807) is 0 Å². The Balaban J connectivity index is 5.45. The van der Waals surface area contributed by atoms with Crippen LogP contribution in [0.1, 0.15) is 144 Å². The van der Waals surface area contributed by atoms with Crippen molar-refractivity contribution in [2.24, 2.45) is 0 Å². The molecule has 0 fully saturated rings. The van der Waals surface area contributed by atoms with Crippen molar-refractivity contribution >= 4 is 39.2 Å². The van der Waals surface area contributed by atoms with Gasteiger partial charge < -0.3 is 9.47 Å². The van der Waals surface area contributed by atoms with Crippen LogP contribution in [0.2, 0.25) is 24.2 Å². The maximum atomic E-state index is 6.72. The molecule has 218 valence electrons. The summed E-state index contributed by atoms with van der Waals surface area (Å²) < 4.78 is 13.4. The number of ether oxygens (including phenoxy) is 2. The van der Waals surface area contributed by atoms with Crippen molar-refractivity contribution in [3.63, 3.8) is 0 Å². The third kappa shape index (κ3) is 20.9. The van der Waals surface area contributed by atoms with Gasteiger partial charge in [-0.05, 0) is 12.8 Å². The normalized spacial score (nSPS) is 13.7. The van der Waals surface area contributed by atoms with Crippen LogP contribution in [0.25, 0.3) is 0 Å². The average molecular weight is 579 g/mol. The predicted molar refractivity (Wildman–Crippen MR) is 176 cm³/mol. The molecule has 0 bridgehead atoms. The molecule has 0 saturated carbocycles. The molecule has 0 aromatic rings. The molecule has 0 saturated heterocycles. The summed E-state index contributed by atoms with van der Waals surface area (Å²) in [5, 5.41) is 0.932. The maximum Gasteiger partial charge on any atom is 0.0980 e. The van der Waals surface area contributed by atoms with E-state index in [2.05, 4.69) is 63.1 Å². The molecule has 0 aromatic carbocycles. The van der Waals surface area contributed by atoms with Gasteiger partial charge in [-0.2, -0.15) is 0 Å². The van der Waals surface area contributed by atoms with Crippen LogP contribution >= 0.6 is 21.6 Å². The highest BCUT2D eigenvalue weighted by Crippen LogP contribution is 2.39. The first-order valence-electron chi connectivity index (χ1n) is 16.2. The highest BCUT2D eigenvalue weighted by Gasteiger charge is 2.29. The van der Waals surface area contributed by atoms with Gasteiger partial charge in [0.25, 0.3) is 0 Å². The van der Waals surface area contributed by atoms with Crippen LogP contribution in [0.15, 0.2) is 0 Å². The molecule has 6 heteroatoms. The Morgan fingerprint density at radius 2 is 0.694 bits per heavy atom.